The van der Waals surface area contributed by atoms with E-state index in [2.05, 4.69) is 0 Å². The number of hydrogen-bond acceptors (Lipinski definition) is 6. The number of anilines is 1. The van der Waals surface area contributed by atoms with Crippen LogP contribution in [0.3, 0.4) is 0 Å². The van der Waals surface area contributed by atoms with Crippen LogP contribution in [0, 0.1) is 12.1 Å². The maximum Gasteiger partial charge on any atom is 0.416 e. The molecule has 0 fully saturated rings. The van der Waals surface area contributed by atoms with Gasteiger partial charge in [-0.05, 0) is 55.8 Å². The highest BCUT2D eigenvalue weighted by Gasteiger charge is 2.41. The van der Waals surface area contributed by atoms with E-state index in [9.17, 15) is 28.0 Å². The van der Waals surface area contributed by atoms with Crippen LogP contribution >= 0.6 is 0 Å². The van der Waals surface area contributed by atoms with Crippen molar-refractivity contribution in [3.05, 3.63) is 88.1 Å². The molecule has 0 radical (unpaired) electrons. The second-order valence-electron chi connectivity index (χ2n) is 8.66. The van der Waals surface area contributed by atoms with Crippen LogP contribution in [0.25, 0.3) is 10.9 Å². The number of fused-ring (bicyclic) bond motifs is 2. The molecule has 5 rings (SSSR count). The summed E-state index contributed by atoms with van der Waals surface area (Å²) in [6.07, 6.45) is -4.53. The van der Waals surface area contributed by atoms with Crippen LogP contribution in [0.4, 0.5) is 18.9 Å². The number of imide groups is 1. The molecule has 1 aliphatic heterocycles. The number of amides is 2. The molecule has 0 spiro atoms. The van der Waals surface area contributed by atoms with Gasteiger partial charge in [0.05, 0.1) is 41.9 Å². The Morgan fingerprint density at radius 3 is 2.13 bits per heavy atom. The molecule has 8 nitrogen and oxygen atoms in total. The minimum atomic E-state index is -4.53. The predicted molar refractivity (Wildman–Crippen MR) is 134 cm³/mol. The molecule has 2 heterocycles. The zero-order chi connectivity index (χ0) is 28.1. The van der Waals surface area contributed by atoms with Crippen molar-refractivity contribution in [3.8, 4) is 23.1 Å². The maximum atomic E-state index is 13.6. The summed E-state index contributed by atoms with van der Waals surface area (Å²) in [5, 5.41) is 13.8. The Morgan fingerprint density at radius 1 is 0.974 bits per heavy atom. The molecule has 11 heteroatoms. The van der Waals surface area contributed by atoms with E-state index in [1.165, 1.54) is 31.4 Å². The van der Waals surface area contributed by atoms with Crippen molar-refractivity contribution in [1.82, 2.24) is 0 Å². The fourth-order valence-electron chi connectivity index (χ4n) is 4.52. The van der Waals surface area contributed by atoms with Crippen LogP contribution in [0.15, 0.2) is 60.7 Å². The Morgan fingerprint density at radius 2 is 1.59 bits per heavy atom. The standard InChI is InChI=1S/C28H21F3N2O6/c1-4-38-22-13-15(2)23-24(33(22)36)20(32-26(34)18-7-5-6-8-19(18)27(32)35)14-21(37-3)25(23)39-17-11-9-16(10-12-17)28(29,30)31/h5-14H,4H2,1-3H3. The molecule has 2 amide bonds. The number of methoxy groups -OCH3 is 1. The third-order valence-electron chi connectivity index (χ3n) is 6.28. The topological polar surface area (TPSA) is 92.0 Å². The molecule has 3 aromatic carbocycles. The number of hydrogen-bond donors (Lipinski definition) is 0. The minimum absolute atomic E-state index is 0.0118. The average Bonchev–Trinajstić information content (AvgIpc) is 3.16. The molecular formula is C28H21F3N2O6. The Kier molecular flexibility index (Phi) is 6.29. The minimum Gasteiger partial charge on any atom is -0.616 e. The van der Waals surface area contributed by atoms with Gasteiger partial charge in [-0.15, -0.1) is 4.73 Å². The first-order valence-electron chi connectivity index (χ1n) is 11.8. The highest BCUT2D eigenvalue weighted by Crippen LogP contribution is 2.46. The van der Waals surface area contributed by atoms with Crippen molar-refractivity contribution in [2.24, 2.45) is 0 Å². The van der Waals surface area contributed by atoms with E-state index in [-0.39, 0.29) is 57.5 Å². The fourth-order valence-corrected chi connectivity index (χ4v) is 4.52. The molecule has 0 saturated carbocycles. The number of halogens is 3. The van der Waals surface area contributed by atoms with Crippen LogP contribution in [0.1, 0.15) is 38.8 Å². The lowest BCUT2D eigenvalue weighted by Crippen LogP contribution is -2.36. The third-order valence-corrected chi connectivity index (χ3v) is 6.28. The molecule has 0 N–H and O–H groups in total. The molecule has 1 aromatic heterocycles. The summed E-state index contributed by atoms with van der Waals surface area (Å²) in [4.78, 5) is 27.6. The van der Waals surface area contributed by atoms with Crippen LogP contribution in [0.2, 0.25) is 0 Å². The summed E-state index contributed by atoms with van der Waals surface area (Å²) in [6, 6.07) is 13.1. The van der Waals surface area contributed by atoms with Crippen molar-refractivity contribution >= 4 is 28.4 Å². The van der Waals surface area contributed by atoms with Crippen LogP contribution in [-0.4, -0.2) is 25.5 Å². The van der Waals surface area contributed by atoms with Crippen molar-refractivity contribution in [1.29, 1.82) is 0 Å². The highest BCUT2D eigenvalue weighted by atomic mass is 19.4. The van der Waals surface area contributed by atoms with Crippen molar-refractivity contribution in [2.75, 3.05) is 18.6 Å². The molecule has 0 atom stereocenters. The molecule has 4 aromatic rings. The number of aromatic nitrogens is 1. The number of nitrogens with zero attached hydrogens (tertiary/aromatic N) is 2. The summed E-state index contributed by atoms with van der Waals surface area (Å²) in [5.41, 5.74) is -0.213. The third kappa shape index (κ3) is 4.25. The summed E-state index contributed by atoms with van der Waals surface area (Å²) >= 11 is 0. The zero-order valence-corrected chi connectivity index (χ0v) is 21.0. The Hall–Kier alpha value is -4.80. The van der Waals surface area contributed by atoms with E-state index in [0.29, 0.717) is 10.3 Å². The summed E-state index contributed by atoms with van der Waals surface area (Å²) in [5.74, 6) is -1.24. The van der Waals surface area contributed by atoms with Crippen molar-refractivity contribution in [2.45, 2.75) is 20.0 Å². The van der Waals surface area contributed by atoms with E-state index < -0.39 is 23.6 Å². The number of carbonyl (C=O) groups excluding carboxylic acids is 2. The predicted octanol–water partition coefficient (Wildman–Crippen LogP) is 5.80. The number of ether oxygens (including phenoxy) is 3. The molecule has 39 heavy (non-hydrogen) atoms. The molecule has 200 valence electrons. The lowest BCUT2D eigenvalue weighted by atomic mass is 10.1. The largest absolute Gasteiger partial charge is 0.616 e. The molecular weight excluding hydrogens is 517 g/mol. The van der Waals surface area contributed by atoms with Crippen LogP contribution < -0.4 is 23.8 Å². The fraction of sp³-hybridized carbons (Fsp3) is 0.179. The molecule has 0 saturated heterocycles. The average molecular weight is 538 g/mol. The molecule has 0 bridgehead atoms. The van der Waals surface area contributed by atoms with Gasteiger partial charge in [-0.1, -0.05) is 12.1 Å². The number of carbonyl (C=O) groups is 2. The number of rotatable bonds is 6. The Bertz CT molecular complexity index is 1600. The first-order valence-corrected chi connectivity index (χ1v) is 11.8. The number of aryl methyl sites for hydroxylation is 1. The van der Waals surface area contributed by atoms with E-state index >= 15 is 0 Å². The van der Waals surface area contributed by atoms with Gasteiger partial charge in [0.15, 0.2) is 11.5 Å². The van der Waals surface area contributed by atoms with Gasteiger partial charge in [-0.2, -0.15) is 13.2 Å². The number of benzene rings is 3. The maximum absolute atomic E-state index is 13.6. The normalized spacial score (nSPS) is 13.1. The summed E-state index contributed by atoms with van der Waals surface area (Å²) < 4.78 is 56.6. The summed E-state index contributed by atoms with van der Waals surface area (Å²) in [7, 11) is 1.32. The van der Waals surface area contributed by atoms with Crippen LogP contribution in [-0.2, 0) is 6.18 Å². The molecule has 0 aliphatic carbocycles. The monoisotopic (exact) mass is 538 g/mol. The second-order valence-corrected chi connectivity index (χ2v) is 8.66. The second kappa shape index (κ2) is 9.50. The van der Waals surface area contributed by atoms with Crippen LogP contribution in [0.5, 0.6) is 23.1 Å². The zero-order valence-electron chi connectivity index (χ0n) is 21.0. The van der Waals surface area contributed by atoms with Gasteiger partial charge in [-0.3, -0.25) is 9.59 Å². The quantitative estimate of drug-likeness (QED) is 0.175. The smallest absolute Gasteiger partial charge is 0.416 e. The van der Waals surface area contributed by atoms with Gasteiger partial charge in [0.25, 0.3) is 17.3 Å². The lowest BCUT2D eigenvalue weighted by molar-refractivity contribution is -0.584. The van der Waals surface area contributed by atoms with Gasteiger partial charge in [0.2, 0.25) is 0 Å². The Balaban J connectivity index is 1.76. The van der Waals surface area contributed by atoms with E-state index in [4.69, 9.17) is 14.2 Å². The SMILES string of the molecule is CCOc1cc(C)c2c(Oc3ccc(C(F)(F)F)cc3)c(OC)cc(N3C(=O)c4ccccc4C3=O)c2[n+]1[O-]. The lowest BCUT2D eigenvalue weighted by Gasteiger charge is -2.21. The highest BCUT2D eigenvalue weighted by molar-refractivity contribution is 6.36. The first-order chi connectivity index (χ1) is 18.6. The Labute approximate surface area is 220 Å². The van der Waals surface area contributed by atoms with E-state index in [0.717, 1.165) is 29.2 Å². The number of alkyl halides is 3. The van der Waals surface area contributed by atoms with Gasteiger partial charge in [0, 0.05) is 6.07 Å². The summed E-state index contributed by atoms with van der Waals surface area (Å²) in [6.45, 7) is 3.52. The molecule has 1 aliphatic rings. The van der Waals surface area contributed by atoms with Gasteiger partial charge in [0.1, 0.15) is 11.4 Å². The van der Waals surface area contributed by atoms with Crippen molar-refractivity contribution < 1.29 is 41.7 Å². The number of pyridine rings is 1. The first kappa shape index (κ1) is 25.8. The van der Waals surface area contributed by atoms with E-state index in [1.807, 2.05) is 0 Å². The van der Waals surface area contributed by atoms with Gasteiger partial charge >= 0.3 is 12.1 Å². The molecule has 0 unspecified atom stereocenters. The van der Waals surface area contributed by atoms with Gasteiger partial charge in [-0.25, -0.2) is 4.90 Å². The van der Waals surface area contributed by atoms with Crippen molar-refractivity contribution in [3.63, 3.8) is 0 Å². The van der Waals surface area contributed by atoms with Gasteiger partial charge < -0.3 is 19.4 Å². The van der Waals surface area contributed by atoms with E-state index in [1.54, 1.807) is 26.0 Å².